The van der Waals surface area contributed by atoms with Crippen molar-refractivity contribution in [3.05, 3.63) is 108 Å². The van der Waals surface area contributed by atoms with Crippen LogP contribution in [-0.4, -0.2) is 12.8 Å². The van der Waals surface area contributed by atoms with Gasteiger partial charge in [-0.15, -0.1) is 0 Å². The zero-order valence-corrected chi connectivity index (χ0v) is 14.3. The molecule has 3 aromatic carbocycles. The fourth-order valence-corrected chi connectivity index (χ4v) is 3.75. The third kappa shape index (κ3) is 3.11. The van der Waals surface area contributed by atoms with Crippen molar-refractivity contribution < 1.29 is 4.74 Å². The summed E-state index contributed by atoms with van der Waals surface area (Å²) in [5.74, 6) is 0. The van der Waals surface area contributed by atoms with Gasteiger partial charge in [0.2, 0.25) is 0 Å². The van der Waals surface area contributed by atoms with Gasteiger partial charge in [0.05, 0.1) is 5.54 Å². The SMILES string of the molecule is c1ccc(C(NC2CCCO2)(c2ccccc2)c2ccccc2)cc1. The van der Waals surface area contributed by atoms with Gasteiger partial charge >= 0.3 is 0 Å². The molecule has 4 rings (SSSR count). The van der Waals surface area contributed by atoms with Gasteiger partial charge in [-0.05, 0) is 29.5 Å². The van der Waals surface area contributed by atoms with Gasteiger partial charge in [-0.3, -0.25) is 5.32 Å². The van der Waals surface area contributed by atoms with E-state index in [2.05, 4.69) is 96.3 Å². The largest absolute Gasteiger partial charge is 0.363 e. The van der Waals surface area contributed by atoms with Crippen LogP contribution in [0.5, 0.6) is 0 Å². The van der Waals surface area contributed by atoms with Crippen molar-refractivity contribution in [1.82, 2.24) is 5.32 Å². The van der Waals surface area contributed by atoms with Crippen LogP contribution in [0, 0.1) is 0 Å². The molecule has 1 atom stereocenters. The van der Waals surface area contributed by atoms with Crippen LogP contribution in [0.4, 0.5) is 0 Å². The number of hydrogen-bond acceptors (Lipinski definition) is 2. The molecule has 25 heavy (non-hydrogen) atoms. The van der Waals surface area contributed by atoms with Crippen LogP contribution in [0.2, 0.25) is 0 Å². The first-order valence-corrected chi connectivity index (χ1v) is 8.95. The molecule has 1 N–H and O–H groups in total. The monoisotopic (exact) mass is 329 g/mol. The average molecular weight is 329 g/mol. The summed E-state index contributed by atoms with van der Waals surface area (Å²) in [4.78, 5) is 0. The summed E-state index contributed by atoms with van der Waals surface area (Å²) in [7, 11) is 0. The third-order valence-corrected chi connectivity index (χ3v) is 4.93. The van der Waals surface area contributed by atoms with E-state index in [1.165, 1.54) is 16.7 Å². The van der Waals surface area contributed by atoms with Crippen LogP contribution < -0.4 is 5.32 Å². The predicted molar refractivity (Wildman–Crippen MR) is 101 cm³/mol. The molecule has 1 heterocycles. The Kier molecular flexibility index (Phi) is 4.64. The van der Waals surface area contributed by atoms with E-state index in [1.807, 2.05) is 0 Å². The Bertz CT molecular complexity index is 683. The first-order valence-electron chi connectivity index (χ1n) is 8.95. The van der Waals surface area contributed by atoms with E-state index in [9.17, 15) is 0 Å². The van der Waals surface area contributed by atoms with Crippen molar-refractivity contribution in [2.24, 2.45) is 0 Å². The highest BCUT2D eigenvalue weighted by Crippen LogP contribution is 2.38. The quantitative estimate of drug-likeness (QED) is 0.685. The van der Waals surface area contributed by atoms with Crippen LogP contribution >= 0.6 is 0 Å². The van der Waals surface area contributed by atoms with E-state index in [0.717, 1.165) is 19.4 Å². The summed E-state index contributed by atoms with van der Waals surface area (Å²) in [5.41, 5.74) is 3.24. The molecule has 1 fully saturated rings. The van der Waals surface area contributed by atoms with Crippen molar-refractivity contribution >= 4 is 0 Å². The van der Waals surface area contributed by atoms with Gasteiger partial charge in [-0.25, -0.2) is 0 Å². The highest BCUT2D eigenvalue weighted by molar-refractivity contribution is 5.49. The first-order chi connectivity index (χ1) is 12.4. The van der Waals surface area contributed by atoms with Crippen LogP contribution in [0.3, 0.4) is 0 Å². The summed E-state index contributed by atoms with van der Waals surface area (Å²) in [5, 5.41) is 3.86. The van der Waals surface area contributed by atoms with Crippen molar-refractivity contribution in [3.63, 3.8) is 0 Å². The molecule has 1 unspecified atom stereocenters. The summed E-state index contributed by atoms with van der Waals surface area (Å²) >= 11 is 0. The third-order valence-electron chi connectivity index (χ3n) is 4.93. The average Bonchev–Trinajstić information content (AvgIpc) is 3.21. The molecule has 126 valence electrons. The lowest BCUT2D eigenvalue weighted by atomic mass is 9.77. The molecule has 0 radical (unpaired) electrons. The fraction of sp³-hybridized carbons (Fsp3) is 0.217. The first kappa shape index (κ1) is 16.1. The second kappa shape index (κ2) is 7.22. The Balaban J connectivity index is 1.93. The van der Waals surface area contributed by atoms with Crippen molar-refractivity contribution in [1.29, 1.82) is 0 Å². The molecule has 2 nitrogen and oxygen atoms in total. The molecule has 0 bridgehead atoms. The molecule has 1 aliphatic heterocycles. The van der Waals surface area contributed by atoms with Crippen LogP contribution in [0.1, 0.15) is 29.5 Å². The highest BCUT2D eigenvalue weighted by Gasteiger charge is 2.38. The maximum Gasteiger partial charge on any atom is 0.109 e. The Labute approximate surface area is 149 Å². The minimum atomic E-state index is -0.432. The van der Waals surface area contributed by atoms with E-state index < -0.39 is 5.54 Å². The minimum absolute atomic E-state index is 0.0561. The molecular weight excluding hydrogens is 306 g/mol. The van der Waals surface area contributed by atoms with Crippen molar-refractivity contribution in [2.75, 3.05) is 6.61 Å². The van der Waals surface area contributed by atoms with Crippen LogP contribution in [0.15, 0.2) is 91.0 Å². The fourth-order valence-electron chi connectivity index (χ4n) is 3.75. The number of rotatable bonds is 5. The van der Waals surface area contributed by atoms with Gasteiger partial charge in [0.1, 0.15) is 6.23 Å². The summed E-state index contributed by atoms with van der Waals surface area (Å²) < 4.78 is 5.96. The van der Waals surface area contributed by atoms with Crippen LogP contribution in [-0.2, 0) is 10.3 Å². The van der Waals surface area contributed by atoms with Gasteiger partial charge in [-0.1, -0.05) is 91.0 Å². The van der Waals surface area contributed by atoms with Gasteiger partial charge in [0, 0.05) is 6.61 Å². The van der Waals surface area contributed by atoms with Crippen LogP contribution in [0.25, 0.3) is 0 Å². The zero-order chi connectivity index (χ0) is 17.0. The zero-order valence-electron chi connectivity index (χ0n) is 14.3. The Morgan fingerprint density at radius 1 is 0.680 bits per heavy atom. The summed E-state index contributed by atoms with van der Waals surface area (Å²) in [6, 6.07) is 32.0. The smallest absolute Gasteiger partial charge is 0.109 e. The predicted octanol–water partition coefficient (Wildman–Crippen LogP) is 4.70. The van der Waals surface area contributed by atoms with E-state index in [4.69, 9.17) is 4.74 Å². The minimum Gasteiger partial charge on any atom is -0.363 e. The second-order valence-electron chi connectivity index (χ2n) is 6.49. The topological polar surface area (TPSA) is 21.3 Å². The number of benzene rings is 3. The normalized spacial score (nSPS) is 17.5. The van der Waals surface area contributed by atoms with E-state index in [0.29, 0.717) is 0 Å². The molecule has 0 saturated carbocycles. The molecule has 1 aliphatic rings. The standard InChI is InChI=1S/C23H23NO/c1-4-11-19(12-5-1)23(20-13-6-2-7-14-20,21-15-8-3-9-16-21)24-22-17-10-18-25-22/h1-9,11-16,22,24H,10,17-18H2. The molecule has 0 aromatic heterocycles. The maximum atomic E-state index is 5.96. The maximum absolute atomic E-state index is 5.96. The molecule has 3 aromatic rings. The van der Waals surface area contributed by atoms with Gasteiger partial charge < -0.3 is 4.74 Å². The van der Waals surface area contributed by atoms with E-state index in [-0.39, 0.29) is 6.23 Å². The summed E-state index contributed by atoms with van der Waals surface area (Å²) in [6.07, 6.45) is 2.20. The van der Waals surface area contributed by atoms with E-state index in [1.54, 1.807) is 0 Å². The molecule has 0 amide bonds. The van der Waals surface area contributed by atoms with Crippen molar-refractivity contribution in [2.45, 2.75) is 24.6 Å². The Morgan fingerprint density at radius 2 is 1.12 bits per heavy atom. The lowest BCUT2D eigenvalue weighted by Gasteiger charge is -2.39. The second-order valence-corrected chi connectivity index (χ2v) is 6.49. The number of nitrogens with one attached hydrogen (secondary N) is 1. The summed E-state index contributed by atoms with van der Waals surface area (Å²) in [6.45, 7) is 0.826. The lowest BCUT2D eigenvalue weighted by Crippen LogP contribution is -2.49. The van der Waals surface area contributed by atoms with Gasteiger partial charge in [0.15, 0.2) is 0 Å². The Morgan fingerprint density at radius 3 is 1.48 bits per heavy atom. The van der Waals surface area contributed by atoms with Gasteiger partial charge in [-0.2, -0.15) is 0 Å². The van der Waals surface area contributed by atoms with E-state index >= 15 is 0 Å². The molecular formula is C23H23NO. The molecule has 0 spiro atoms. The van der Waals surface area contributed by atoms with Crippen molar-refractivity contribution in [3.8, 4) is 0 Å². The molecule has 0 aliphatic carbocycles. The molecule has 1 saturated heterocycles. The Hall–Kier alpha value is -2.42. The number of hydrogen-bond donors (Lipinski definition) is 1. The molecule has 2 heteroatoms. The lowest BCUT2D eigenvalue weighted by molar-refractivity contribution is 0.0665. The number of ether oxygens (including phenoxy) is 1. The highest BCUT2D eigenvalue weighted by atomic mass is 16.5. The van der Waals surface area contributed by atoms with Gasteiger partial charge in [0.25, 0.3) is 0 Å².